The van der Waals surface area contributed by atoms with Crippen LogP contribution in [-0.4, -0.2) is 37.9 Å². The maximum absolute atomic E-state index is 13.8. The highest BCUT2D eigenvalue weighted by Gasteiger charge is 2.66. The van der Waals surface area contributed by atoms with Gasteiger partial charge >= 0.3 is 11.9 Å². The molecular formula is C16H12F3N3O5S2. The van der Waals surface area contributed by atoms with E-state index in [1.807, 2.05) is 0 Å². The standard InChI is InChI=1S/C16H12F3N3O5S2/c17-16(18,19)15(25)11(13(24)10-2-1-5-29-10)12(20-14(28)21-15)7-3-4-9(23)8(6-7)22(26)27/h1-6,11-12,23,25H,(H2,20,21,28)/t11-,12+,15+/m1/s1. The van der Waals surface area contributed by atoms with Gasteiger partial charge in [-0.15, -0.1) is 11.3 Å². The minimum Gasteiger partial charge on any atom is -0.502 e. The first-order chi connectivity index (χ1) is 13.5. The molecule has 4 N–H and O–H groups in total. The monoisotopic (exact) mass is 447 g/mol. The molecule has 154 valence electrons. The van der Waals surface area contributed by atoms with Gasteiger partial charge in [0.25, 0.3) is 0 Å². The number of hydrogen-bond donors (Lipinski definition) is 4. The number of rotatable bonds is 4. The summed E-state index contributed by atoms with van der Waals surface area (Å²) in [6.45, 7) is 0. The number of benzene rings is 1. The number of thiocarbonyl (C=S) groups is 1. The summed E-state index contributed by atoms with van der Waals surface area (Å²) in [7, 11) is 0. The average Bonchev–Trinajstić information content (AvgIpc) is 3.14. The van der Waals surface area contributed by atoms with E-state index >= 15 is 0 Å². The first-order valence-electron chi connectivity index (χ1n) is 7.88. The molecule has 13 heteroatoms. The Labute approximate surface area is 170 Å². The van der Waals surface area contributed by atoms with Gasteiger partial charge in [0.05, 0.1) is 15.8 Å². The highest BCUT2D eigenvalue weighted by Crippen LogP contribution is 2.45. The Bertz CT molecular complexity index is 983. The van der Waals surface area contributed by atoms with E-state index in [1.54, 1.807) is 5.32 Å². The molecule has 2 heterocycles. The van der Waals surface area contributed by atoms with Crippen LogP contribution in [0, 0.1) is 16.0 Å². The Morgan fingerprint density at radius 3 is 2.59 bits per heavy atom. The highest BCUT2D eigenvalue weighted by molar-refractivity contribution is 7.80. The Hall–Kier alpha value is -2.77. The smallest absolute Gasteiger partial charge is 0.437 e. The molecule has 0 spiro atoms. The number of thiophene rings is 1. The number of halogens is 3. The van der Waals surface area contributed by atoms with Gasteiger partial charge in [0.2, 0.25) is 5.72 Å². The summed E-state index contributed by atoms with van der Waals surface area (Å²) in [6, 6.07) is 4.04. The lowest BCUT2D eigenvalue weighted by atomic mass is 9.78. The third-order valence-corrected chi connectivity index (χ3v) is 5.51. The SMILES string of the molecule is O=C(c1cccs1)[C@H]1[C@H](c2ccc(O)c([N+](=O)[O-])c2)NC(=S)N[C@@]1(O)C(F)(F)F. The molecule has 8 nitrogen and oxygen atoms in total. The van der Waals surface area contributed by atoms with Crippen molar-refractivity contribution in [3.8, 4) is 5.75 Å². The number of carbonyl (C=O) groups is 1. The van der Waals surface area contributed by atoms with E-state index in [9.17, 15) is 38.3 Å². The summed E-state index contributed by atoms with van der Waals surface area (Å²) < 4.78 is 41.4. The number of alkyl halides is 3. The lowest BCUT2D eigenvalue weighted by molar-refractivity contribution is -0.386. The molecule has 0 saturated carbocycles. The number of aromatic hydroxyl groups is 1. The van der Waals surface area contributed by atoms with Gasteiger partial charge in [-0.25, -0.2) is 0 Å². The fourth-order valence-corrected chi connectivity index (χ4v) is 4.06. The van der Waals surface area contributed by atoms with Crippen LogP contribution in [0.25, 0.3) is 0 Å². The molecule has 1 aromatic heterocycles. The van der Waals surface area contributed by atoms with Crippen molar-refractivity contribution in [1.82, 2.24) is 10.6 Å². The van der Waals surface area contributed by atoms with Gasteiger partial charge in [0.15, 0.2) is 16.6 Å². The fourth-order valence-electron chi connectivity index (χ4n) is 3.07. The topological polar surface area (TPSA) is 125 Å². The largest absolute Gasteiger partial charge is 0.502 e. The van der Waals surface area contributed by atoms with Crippen LogP contribution in [0.4, 0.5) is 18.9 Å². The number of carbonyl (C=O) groups excluding carboxylic acids is 1. The van der Waals surface area contributed by atoms with E-state index in [-0.39, 0.29) is 10.4 Å². The second-order valence-electron chi connectivity index (χ2n) is 6.16. The molecule has 1 fully saturated rings. The maximum Gasteiger partial charge on any atom is 0.437 e. The molecule has 1 aliphatic heterocycles. The van der Waals surface area contributed by atoms with E-state index < -0.39 is 51.1 Å². The van der Waals surface area contributed by atoms with Gasteiger partial charge in [-0.3, -0.25) is 14.9 Å². The second-order valence-corrected chi connectivity index (χ2v) is 7.52. The minimum atomic E-state index is -5.31. The summed E-state index contributed by atoms with van der Waals surface area (Å²) in [6.07, 6.45) is -5.31. The van der Waals surface area contributed by atoms with Crippen molar-refractivity contribution in [2.24, 2.45) is 5.92 Å². The second kappa shape index (κ2) is 7.24. The zero-order chi connectivity index (χ0) is 21.6. The first-order valence-corrected chi connectivity index (χ1v) is 9.17. The summed E-state index contributed by atoms with van der Waals surface area (Å²) in [4.78, 5) is 23.1. The van der Waals surface area contributed by atoms with Crippen LogP contribution in [0.2, 0.25) is 0 Å². The zero-order valence-corrected chi connectivity index (χ0v) is 15.8. The van der Waals surface area contributed by atoms with Gasteiger partial charge in [-0.1, -0.05) is 12.1 Å². The van der Waals surface area contributed by atoms with Crippen molar-refractivity contribution in [3.05, 3.63) is 56.3 Å². The number of nitro benzene ring substituents is 1. The van der Waals surface area contributed by atoms with Crippen molar-refractivity contribution in [1.29, 1.82) is 0 Å². The predicted molar refractivity (Wildman–Crippen MR) is 99.5 cm³/mol. The van der Waals surface area contributed by atoms with Crippen molar-refractivity contribution in [2.75, 3.05) is 0 Å². The third-order valence-electron chi connectivity index (χ3n) is 4.41. The maximum atomic E-state index is 13.8. The summed E-state index contributed by atoms with van der Waals surface area (Å²) >= 11 is 5.66. The van der Waals surface area contributed by atoms with Gasteiger partial charge in [0, 0.05) is 6.07 Å². The van der Waals surface area contributed by atoms with Crippen LogP contribution in [0.1, 0.15) is 21.3 Å². The predicted octanol–water partition coefficient (Wildman–Crippen LogP) is 2.63. The lowest BCUT2D eigenvalue weighted by Crippen LogP contribution is -2.72. The third kappa shape index (κ3) is 3.63. The highest BCUT2D eigenvalue weighted by atomic mass is 32.1. The van der Waals surface area contributed by atoms with E-state index in [2.05, 4.69) is 5.32 Å². The molecule has 0 amide bonds. The minimum absolute atomic E-state index is 0.0487. The number of phenolic OH excluding ortho intramolecular Hbond substituents is 1. The zero-order valence-electron chi connectivity index (χ0n) is 14.1. The number of nitrogens with zero attached hydrogens (tertiary/aromatic N) is 1. The fraction of sp³-hybridized carbons (Fsp3) is 0.250. The quantitative estimate of drug-likeness (QED) is 0.244. The Morgan fingerprint density at radius 1 is 1.34 bits per heavy atom. The van der Waals surface area contributed by atoms with E-state index in [4.69, 9.17) is 12.2 Å². The van der Waals surface area contributed by atoms with E-state index in [0.29, 0.717) is 0 Å². The van der Waals surface area contributed by atoms with Crippen LogP contribution < -0.4 is 10.6 Å². The molecule has 1 aromatic carbocycles. The molecule has 0 bridgehead atoms. The Morgan fingerprint density at radius 2 is 2.03 bits per heavy atom. The number of aliphatic hydroxyl groups is 1. The summed E-state index contributed by atoms with van der Waals surface area (Å²) in [5.41, 5.74) is -4.64. The van der Waals surface area contributed by atoms with Crippen molar-refractivity contribution in [2.45, 2.75) is 17.9 Å². The molecule has 2 aromatic rings. The number of phenols is 1. The Balaban J connectivity index is 2.19. The number of nitrogens with one attached hydrogen (secondary N) is 2. The van der Waals surface area contributed by atoms with Crippen LogP contribution >= 0.6 is 23.6 Å². The summed E-state index contributed by atoms with van der Waals surface area (Å²) in [5, 5.41) is 36.3. The van der Waals surface area contributed by atoms with Crippen LogP contribution in [-0.2, 0) is 0 Å². The normalized spacial score (nSPS) is 24.5. The molecule has 29 heavy (non-hydrogen) atoms. The van der Waals surface area contributed by atoms with Crippen molar-refractivity contribution < 1.29 is 33.1 Å². The van der Waals surface area contributed by atoms with Crippen LogP contribution in [0.5, 0.6) is 5.75 Å². The molecule has 3 rings (SSSR count). The average molecular weight is 447 g/mol. The number of nitro groups is 1. The molecule has 1 saturated heterocycles. The van der Waals surface area contributed by atoms with Crippen LogP contribution in [0.3, 0.4) is 0 Å². The van der Waals surface area contributed by atoms with Crippen molar-refractivity contribution >= 4 is 40.1 Å². The molecular weight excluding hydrogens is 435 g/mol. The molecule has 3 atom stereocenters. The number of Topliss-reactive ketones (excluding diaryl/α,β-unsaturated/α-hetero) is 1. The van der Waals surface area contributed by atoms with Gasteiger partial charge in [-0.05, 0) is 35.3 Å². The van der Waals surface area contributed by atoms with Crippen LogP contribution in [0.15, 0.2) is 35.7 Å². The number of hydrogen-bond acceptors (Lipinski definition) is 7. The van der Waals surface area contributed by atoms with Gasteiger partial charge in [0.1, 0.15) is 5.92 Å². The van der Waals surface area contributed by atoms with Gasteiger partial charge in [-0.2, -0.15) is 13.2 Å². The molecule has 0 aliphatic carbocycles. The molecule has 0 radical (unpaired) electrons. The molecule has 1 aliphatic rings. The van der Waals surface area contributed by atoms with E-state index in [1.165, 1.54) is 17.5 Å². The molecule has 0 unspecified atom stereocenters. The Kier molecular flexibility index (Phi) is 5.23. The van der Waals surface area contributed by atoms with E-state index in [0.717, 1.165) is 29.5 Å². The van der Waals surface area contributed by atoms with Crippen molar-refractivity contribution in [3.63, 3.8) is 0 Å². The first kappa shape index (κ1) is 21.0. The lowest BCUT2D eigenvalue weighted by Gasteiger charge is -2.46. The van der Waals surface area contributed by atoms with Gasteiger partial charge < -0.3 is 20.8 Å². The summed E-state index contributed by atoms with van der Waals surface area (Å²) in [5.74, 6) is -3.91. The number of ketones is 1.